The summed E-state index contributed by atoms with van der Waals surface area (Å²) in [6, 6.07) is 2.95. The number of rotatable bonds is 4. The van der Waals surface area contributed by atoms with Crippen molar-refractivity contribution in [2.45, 2.75) is 42.9 Å². The molecule has 0 spiro atoms. The molecule has 106 valence electrons. The summed E-state index contributed by atoms with van der Waals surface area (Å²) in [6.45, 7) is 4.61. The Morgan fingerprint density at radius 2 is 1.84 bits per heavy atom. The van der Waals surface area contributed by atoms with Gasteiger partial charge in [-0.2, -0.15) is 0 Å². The van der Waals surface area contributed by atoms with Gasteiger partial charge in [0, 0.05) is 10.6 Å². The summed E-state index contributed by atoms with van der Waals surface area (Å²) >= 11 is 12.3. The topological polar surface area (TPSA) is 46.2 Å². The molecule has 3 nitrogen and oxygen atoms in total. The van der Waals surface area contributed by atoms with Crippen LogP contribution in [-0.4, -0.2) is 20.2 Å². The summed E-state index contributed by atoms with van der Waals surface area (Å²) in [4.78, 5) is 0.214. The molecule has 0 aliphatic carbocycles. The van der Waals surface area contributed by atoms with Crippen LogP contribution < -0.4 is 5.32 Å². The highest BCUT2D eigenvalue weighted by Gasteiger charge is 2.46. The molecule has 19 heavy (non-hydrogen) atoms. The molecule has 0 saturated carbocycles. The lowest BCUT2D eigenvalue weighted by molar-refractivity contribution is 0.492. The van der Waals surface area contributed by atoms with Crippen LogP contribution in [0.1, 0.15) is 38.3 Å². The smallest absolute Gasteiger partial charge is 0.184 e. The van der Waals surface area contributed by atoms with Gasteiger partial charge in [-0.3, -0.25) is 0 Å². The van der Waals surface area contributed by atoms with Gasteiger partial charge in [-0.15, -0.1) is 0 Å². The average Bonchev–Trinajstić information content (AvgIpc) is 2.57. The van der Waals surface area contributed by atoms with Crippen LogP contribution in [0.4, 0.5) is 0 Å². The molecule has 0 radical (unpaired) electrons. The van der Waals surface area contributed by atoms with Crippen molar-refractivity contribution in [2.24, 2.45) is 0 Å². The maximum Gasteiger partial charge on any atom is 0.184 e. The summed E-state index contributed by atoms with van der Waals surface area (Å²) in [7, 11) is -3.41. The second-order valence-electron chi connectivity index (χ2n) is 4.68. The largest absolute Gasteiger partial charge is 0.309 e. The van der Waals surface area contributed by atoms with E-state index in [-0.39, 0.29) is 16.0 Å². The Morgan fingerprint density at radius 3 is 2.42 bits per heavy atom. The van der Waals surface area contributed by atoms with Crippen LogP contribution in [0, 0.1) is 0 Å². The van der Waals surface area contributed by atoms with Crippen molar-refractivity contribution >= 4 is 33.0 Å². The number of halogens is 2. The van der Waals surface area contributed by atoms with Crippen molar-refractivity contribution in [2.75, 3.05) is 6.54 Å². The van der Waals surface area contributed by atoms with E-state index >= 15 is 0 Å². The minimum Gasteiger partial charge on any atom is -0.309 e. The number of benzene rings is 1. The molecule has 1 aliphatic rings. The highest BCUT2D eigenvalue weighted by Crippen LogP contribution is 2.47. The van der Waals surface area contributed by atoms with E-state index in [2.05, 4.69) is 5.32 Å². The third-order valence-electron chi connectivity index (χ3n) is 3.46. The maximum atomic E-state index is 12.6. The molecule has 6 heteroatoms. The molecule has 2 atom stereocenters. The van der Waals surface area contributed by atoms with Crippen molar-refractivity contribution in [1.29, 1.82) is 0 Å². The van der Waals surface area contributed by atoms with E-state index in [1.54, 1.807) is 12.1 Å². The van der Waals surface area contributed by atoms with Crippen LogP contribution in [0.25, 0.3) is 0 Å². The van der Waals surface area contributed by atoms with E-state index in [0.29, 0.717) is 23.6 Å². The van der Waals surface area contributed by atoms with Gasteiger partial charge in [-0.05, 0) is 25.1 Å². The van der Waals surface area contributed by atoms with Crippen LogP contribution in [-0.2, 0) is 9.84 Å². The van der Waals surface area contributed by atoms with Gasteiger partial charge in [0.05, 0.1) is 21.2 Å². The number of hydrogen-bond donors (Lipinski definition) is 1. The van der Waals surface area contributed by atoms with Crippen LogP contribution >= 0.6 is 23.2 Å². The molecule has 1 N–H and O–H groups in total. The molecule has 2 rings (SSSR count). The van der Waals surface area contributed by atoms with Gasteiger partial charge in [-0.1, -0.05) is 43.5 Å². The SMILES string of the molecule is CCCC1C(NCC)c2c(Cl)ccc(Cl)c2S1(=O)=O. The number of hydrogen-bond acceptors (Lipinski definition) is 3. The highest BCUT2D eigenvalue weighted by atomic mass is 35.5. The molecule has 1 aliphatic heterocycles. The van der Waals surface area contributed by atoms with E-state index in [4.69, 9.17) is 23.2 Å². The monoisotopic (exact) mass is 321 g/mol. The van der Waals surface area contributed by atoms with Gasteiger partial charge in [0.25, 0.3) is 0 Å². The summed E-state index contributed by atoms with van der Waals surface area (Å²) in [5.41, 5.74) is 0.634. The Balaban J connectivity index is 2.67. The summed E-state index contributed by atoms with van der Waals surface area (Å²) in [5.74, 6) is 0. The fourth-order valence-corrected chi connectivity index (χ4v) is 5.85. The molecular weight excluding hydrogens is 305 g/mol. The zero-order valence-electron chi connectivity index (χ0n) is 10.9. The first kappa shape index (κ1) is 15.1. The summed E-state index contributed by atoms with van der Waals surface area (Å²) < 4.78 is 25.3. The summed E-state index contributed by atoms with van der Waals surface area (Å²) in [5, 5.41) is 3.49. The molecule has 0 fully saturated rings. The Labute approximate surface area is 124 Å². The molecular formula is C13H17Cl2NO2S. The maximum absolute atomic E-state index is 12.6. The second kappa shape index (κ2) is 5.60. The molecule has 1 heterocycles. The fraction of sp³-hybridized carbons (Fsp3) is 0.538. The van der Waals surface area contributed by atoms with Crippen molar-refractivity contribution in [3.05, 3.63) is 27.7 Å². The first-order valence-corrected chi connectivity index (χ1v) is 8.70. The average molecular weight is 322 g/mol. The lowest BCUT2D eigenvalue weighted by Crippen LogP contribution is -2.31. The van der Waals surface area contributed by atoms with Gasteiger partial charge in [0.15, 0.2) is 9.84 Å². The van der Waals surface area contributed by atoms with Gasteiger partial charge < -0.3 is 5.32 Å². The third-order valence-corrected chi connectivity index (χ3v) is 6.53. The number of nitrogens with one attached hydrogen (secondary N) is 1. The normalized spacial score (nSPS) is 24.4. The van der Waals surface area contributed by atoms with Crippen molar-refractivity contribution < 1.29 is 8.42 Å². The minimum absolute atomic E-state index is 0.214. The van der Waals surface area contributed by atoms with Gasteiger partial charge >= 0.3 is 0 Å². The van der Waals surface area contributed by atoms with E-state index in [1.165, 1.54) is 0 Å². The third kappa shape index (κ3) is 2.40. The van der Waals surface area contributed by atoms with Gasteiger partial charge in [0.1, 0.15) is 0 Å². The molecule has 1 aromatic carbocycles. The number of fused-ring (bicyclic) bond motifs is 1. The summed E-state index contributed by atoms with van der Waals surface area (Å²) in [6.07, 6.45) is 1.40. The van der Waals surface area contributed by atoms with Crippen LogP contribution in [0.2, 0.25) is 10.0 Å². The second-order valence-corrected chi connectivity index (χ2v) is 7.60. The Hall–Kier alpha value is -0.290. The molecule has 0 saturated heterocycles. The van der Waals surface area contributed by atoms with Gasteiger partial charge in [0.2, 0.25) is 0 Å². The fourth-order valence-electron chi connectivity index (χ4n) is 2.70. The van der Waals surface area contributed by atoms with E-state index < -0.39 is 15.1 Å². The predicted octanol–water partition coefficient (Wildman–Crippen LogP) is 3.60. The molecule has 2 unspecified atom stereocenters. The number of sulfone groups is 1. The van der Waals surface area contributed by atoms with Crippen molar-refractivity contribution in [3.63, 3.8) is 0 Å². The Kier molecular flexibility index (Phi) is 4.45. The standard InChI is InChI=1S/C13H17Cl2NO2S/c1-3-5-10-12(16-4-2)11-8(14)6-7-9(15)13(11)19(10,17)18/h6-7,10,12,16H,3-5H2,1-2H3. The minimum atomic E-state index is -3.41. The molecule has 0 amide bonds. The zero-order chi connectivity index (χ0) is 14.2. The molecule has 0 bridgehead atoms. The Bertz CT molecular complexity index is 587. The first-order chi connectivity index (χ1) is 8.95. The van der Waals surface area contributed by atoms with Crippen molar-refractivity contribution in [3.8, 4) is 0 Å². The van der Waals surface area contributed by atoms with Crippen LogP contribution in [0.5, 0.6) is 0 Å². The van der Waals surface area contributed by atoms with Crippen molar-refractivity contribution in [1.82, 2.24) is 5.32 Å². The Morgan fingerprint density at radius 1 is 1.21 bits per heavy atom. The van der Waals surface area contributed by atoms with E-state index in [9.17, 15) is 8.42 Å². The van der Waals surface area contributed by atoms with Gasteiger partial charge in [-0.25, -0.2) is 8.42 Å². The lowest BCUT2D eigenvalue weighted by Gasteiger charge is -2.19. The molecule has 0 aromatic heterocycles. The van der Waals surface area contributed by atoms with Crippen LogP contribution in [0.15, 0.2) is 17.0 Å². The zero-order valence-corrected chi connectivity index (χ0v) is 13.2. The van der Waals surface area contributed by atoms with E-state index in [0.717, 1.165) is 6.42 Å². The predicted molar refractivity (Wildman–Crippen MR) is 78.8 cm³/mol. The quantitative estimate of drug-likeness (QED) is 0.921. The van der Waals surface area contributed by atoms with Crippen LogP contribution in [0.3, 0.4) is 0 Å². The van der Waals surface area contributed by atoms with E-state index in [1.807, 2.05) is 13.8 Å². The lowest BCUT2D eigenvalue weighted by atomic mass is 10.0. The highest BCUT2D eigenvalue weighted by molar-refractivity contribution is 7.92. The molecule has 1 aromatic rings. The first-order valence-electron chi connectivity index (χ1n) is 6.40.